The Morgan fingerprint density at radius 2 is 1.82 bits per heavy atom. The van der Waals surface area contributed by atoms with Crippen molar-refractivity contribution in [2.75, 3.05) is 53.3 Å². The molecule has 2 rings (SSSR count). The summed E-state index contributed by atoms with van der Waals surface area (Å²) in [7, 11) is 7.21. The summed E-state index contributed by atoms with van der Waals surface area (Å²) in [4.78, 5) is 23.1. The van der Waals surface area contributed by atoms with Crippen LogP contribution >= 0.6 is 0 Å². The van der Waals surface area contributed by atoms with Gasteiger partial charge >= 0.3 is 0 Å². The number of ether oxygens (including phenoxy) is 2. The van der Waals surface area contributed by atoms with E-state index in [9.17, 15) is 4.79 Å². The molecule has 0 fully saturated rings. The highest BCUT2D eigenvalue weighted by Crippen LogP contribution is 2.27. The first-order valence-electron chi connectivity index (χ1n) is 9.16. The Balaban J connectivity index is 1.93. The standard InChI is InChI=1S/C20H29N5O3/c1-14-23-16(13-19(24-14)21-10-11-25(2)3)20(26)22-9-8-15-6-7-17(27-4)18(12-15)28-5/h6-7,12-13H,8-11H2,1-5H3,(H,22,26)(H,21,23,24). The van der Waals surface area contributed by atoms with Gasteiger partial charge in [0.2, 0.25) is 0 Å². The third-order valence-electron chi connectivity index (χ3n) is 4.08. The number of hydrogen-bond acceptors (Lipinski definition) is 7. The van der Waals surface area contributed by atoms with Gasteiger partial charge in [-0.3, -0.25) is 4.79 Å². The van der Waals surface area contributed by atoms with Crippen LogP contribution in [0.2, 0.25) is 0 Å². The molecule has 1 aromatic heterocycles. The molecule has 28 heavy (non-hydrogen) atoms. The minimum atomic E-state index is -0.221. The van der Waals surface area contributed by atoms with Crippen LogP contribution in [0.15, 0.2) is 24.3 Å². The highest BCUT2D eigenvalue weighted by atomic mass is 16.5. The maximum atomic E-state index is 12.5. The third-order valence-corrected chi connectivity index (χ3v) is 4.08. The average molecular weight is 387 g/mol. The number of carbonyl (C=O) groups is 1. The summed E-state index contributed by atoms with van der Waals surface area (Å²) in [5.41, 5.74) is 1.40. The summed E-state index contributed by atoms with van der Waals surface area (Å²) < 4.78 is 10.5. The second-order valence-electron chi connectivity index (χ2n) is 6.61. The Labute approximate surface area is 166 Å². The predicted octanol–water partition coefficient (Wildman–Crippen LogP) is 1.75. The van der Waals surface area contributed by atoms with E-state index in [0.717, 1.165) is 18.7 Å². The second-order valence-corrected chi connectivity index (χ2v) is 6.61. The number of nitrogens with one attached hydrogen (secondary N) is 2. The third kappa shape index (κ3) is 6.38. The minimum Gasteiger partial charge on any atom is -0.493 e. The number of rotatable bonds is 10. The van der Waals surface area contributed by atoms with E-state index in [2.05, 4.69) is 25.5 Å². The summed E-state index contributed by atoms with van der Waals surface area (Å²) in [6, 6.07) is 7.39. The van der Waals surface area contributed by atoms with Gasteiger partial charge in [-0.15, -0.1) is 0 Å². The van der Waals surface area contributed by atoms with E-state index < -0.39 is 0 Å². The Kier molecular flexibility index (Phi) is 8.01. The molecule has 0 aliphatic heterocycles. The molecule has 0 radical (unpaired) electrons. The normalized spacial score (nSPS) is 10.6. The molecule has 1 heterocycles. The number of amides is 1. The van der Waals surface area contributed by atoms with Crippen molar-refractivity contribution in [3.8, 4) is 11.5 Å². The van der Waals surface area contributed by atoms with E-state index in [1.54, 1.807) is 27.2 Å². The molecule has 0 unspecified atom stereocenters. The van der Waals surface area contributed by atoms with E-state index >= 15 is 0 Å². The van der Waals surface area contributed by atoms with Crippen LogP contribution < -0.4 is 20.1 Å². The van der Waals surface area contributed by atoms with Gasteiger partial charge in [-0.2, -0.15) is 0 Å². The van der Waals surface area contributed by atoms with Crippen molar-refractivity contribution in [1.29, 1.82) is 0 Å². The lowest BCUT2D eigenvalue weighted by molar-refractivity contribution is 0.0949. The fraction of sp³-hybridized carbons (Fsp3) is 0.450. The zero-order valence-corrected chi connectivity index (χ0v) is 17.2. The van der Waals surface area contributed by atoms with Crippen molar-refractivity contribution in [3.05, 3.63) is 41.3 Å². The summed E-state index contributed by atoms with van der Waals surface area (Å²) in [5.74, 6) is 2.34. The molecule has 0 aliphatic rings. The summed E-state index contributed by atoms with van der Waals surface area (Å²) in [6.07, 6.45) is 0.671. The van der Waals surface area contributed by atoms with Crippen LogP contribution in [0.5, 0.6) is 11.5 Å². The molecular weight excluding hydrogens is 358 g/mol. The summed E-state index contributed by atoms with van der Waals surface area (Å²) >= 11 is 0. The van der Waals surface area contributed by atoms with E-state index in [1.165, 1.54) is 0 Å². The average Bonchev–Trinajstić information content (AvgIpc) is 2.67. The van der Waals surface area contributed by atoms with Crippen LogP contribution in [0, 0.1) is 6.92 Å². The monoisotopic (exact) mass is 387 g/mol. The van der Waals surface area contributed by atoms with Crippen molar-refractivity contribution >= 4 is 11.7 Å². The van der Waals surface area contributed by atoms with E-state index in [0.29, 0.717) is 41.8 Å². The second kappa shape index (κ2) is 10.5. The van der Waals surface area contributed by atoms with Crippen LogP contribution in [-0.2, 0) is 6.42 Å². The number of aryl methyl sites for hydroxylation is 1. The number of methoxy groups -OCH3 is 2. The number of nitrogens with zero attached hydrogens (tertiary/aromatic N) is 3. The first-order chi connectivity index (χ1) is 13.4. The Morgan fingerprint density at radius 1 is 1.07 bits per heavy atom. The molecule has 2 N–H and O–H groups in total. The van der Waals surface area contributed by atoms with Gasteiger partial charge in [0.25, 0.3) is 5.91 Å². The van der Waals surface area contributed by atoms with E-state index in [-0.39, 0.29) is 5.91 Å². The largest absolute Gasteiger partial charge is 0.493 e. The SMILES string of the molecule is COc1ccc(CCNC(=O)c2cc(NCCN(C)C)nc(C)n2)cc1OC. The first-order valence-corrected chi connectivity index (χ1v) is 9.16. The van der Waals surface area contributed by atoms with Gasteiger partial charge in [-0.25, -0.2) is 9.97 Å². The molecular formula is C20H29N5O3. The molecule has 0 atom stereocenters. The van der Waals surface area contributed by atoms with Gasteiger partial charge in [-0.05, 0) is 45.1 Å². The number of aromatic nitrogens is 2. The van der Waals surface area contributed by atoms with Gasteiger partial charge in [0.15, 0.2) is 11.5 Å². The maximum Gasteiger partial charge on any atom is 0.270 e. The number of carbonyl (C=O) groups excluding carboxylic acids is 1. The molecule has 8 heteroatoms. The number of likely N-dealkylation sites (N-methyl/N-ethyl adjacent to an activating group) is 1. The van der Waals surface area contributed by atoms with Crippen LogP contribution in [0.4, 0.5) is 5.82 Å². The zero-order chi connectivity index (χ0) is 20.5. The summed E-state index contributed by atoms with van der Waals surface area (Å²) in [5, 5.41) is 6.12. The van der Waals surface area contributed by atoms with Gasteiger partial charge in [-0.1, -0.05) is 6.07 Å². The molecule has 0 saturated heterocycles. The lowest BCUT2D eigenvalue weighted by Gasteiger charge is -2.12. The number of hydrogen-bond donors (Lipinski definition) is 2. The molecule has 0 bridgehead atoms. The fourth-order valence-electron chi connectivity index (χ4n) is 2.63. The number of benzene rings is 1. The lowest BCUT2D eigenvalue weighted by atomic mass is 10.1. The molecule has 0 saturated carbocycles. The van der Waals surface area contributed by atoms with Crippen molar-refractivity contribution in [1.82, 2.24) is 20.2 Å². The lowest BCUT2D eigenvalue weighted by Crippen LogP contribution is -2.27. The first kappa shape index (κ1) is 21.4. The molecule has 0 spiro atoms. The molecule has 152 valence electrons. The minimum absolute atomic E-state index is 0.221. The van der Waals surface area contributed by atoms with Crippen LogP contribution in [-0.4, -0.2) is 68.7 Å². The van der Waals surface area contributed by atoms with Crippen LogP contribution in [0.1, 0.15) is 21.9 Å². The Bertz CT molecular complexity index is 795. The van der Waals surface area contributed by atoms with Gasteiger partial charge in [0.05, 0.1) is 14.2 Å². The highest BCUT2D eigenvalue weighted by molar-refractivity contribution is 5.92. The maximum absolute atomic E-state index is 12.5. The molecule has 1 aromatic carbocycles. The fourth-order valence-corrected chi connectivity index (χ4v) is 2.63. The molecule has 8 nitrogen and oxygen atoms in total. The topological polar surface area (TPSA) is 88.6 Å². The van der Waals surface area contributed by atoms with Gasteiger partial charge in [0.1, 0.15) is 17.3 Å². The molecule has 2 aromatic rings. The predicted molar refractivity (Wildman–Crippen MR) is 109 cm³/mol. The van der Waals surface area contributed by atoms with Gasteiger partial charge < -0.3 is 25.0 Å². The zero-order valence-electron chi connectivity index (χ0n) is 17.2. The Hall–Kier alpha value is -2.87. The highest BCUT2D eigenvalue weighted by Gasteiger charge is 2.11. The van der Waals surface area contributed by atoms with E-state index in [4.69, 9.17) is 9.47 Å². The van der Waals surface area contributed by atoms with Crippen molar-refractivity contribution in [3.63, 3.8) is 0 Å². The Morgan fingerprint density at radius 3 is 2.50 bits per heavy atom. The van der Waals surface area contributed by atoms with Crippen LogP contribution in [0.3, 0.4) is 0 Å². The van der Waals surface area contributed by atoms with Crippen LogP contribution in [0.25, 0.3) is 0 Å². The molecule has 0 aliphatic carbocycles. The molecule has 1 amide bonds. The van der Waals surface area contributed by atoms with Crippen molar-refractivity contribution in [2.45, 2.75) is 13.3 Å². The van der Waals surface area contributed by atoms with Crippen molar-refractivity contribution in [2.24, 2.45) is 0 Å². The number of anilines is 1. The smallest absolute Gasteiger partial charge is 0.270 e. The van der Waals surface area contributed by atoms with Crippen molar-refractivity contribution < 1.29 is 14.3 Å². The van der Waals surface area contributed by atoms with E-state index in [1.807, 2.05) is 32.3 Å². The summed E-state index contributed by atoms with van der Waals surface area (Å²) in [6.45, 7) is 3.87. The quantitative estimate of drug-likeness (QED) is 0.642. The van der Waals surface area contributed by atoms with Gasteiger partial charge in [0, 0.05) is 25.7 Å².